The molecule has 0 aromatic rings. The van der Waals surface area contributed by atoms with Gasteiger partial charge in [-0.3, -0.25) is 0 Å². The second kappa shape index (κ2) is 2.88. The molecular formula is C4H4F6O. The van der Waals surface area contributed by atoms with Gasteiger partial charge in [-0.25, -0.2) is 0 Å². The lowest BCUT2D eigenvalue weighted by Gasteiger charge is -2.15. The first-order valence-corrected chi connectivity index (χ1v) is 2.44. The first-order valence-electron chi connectivity index (χ1n) is 2.44. The third-order valence-electron chi connectivity index (χ3n) is 0.803. The number of aliphatic hydroxyl groups is 1. The van der Waals surface area contributed by atoms with Crippen LogP contribution in [0.5, 0.6) is 0 Å². The summed E-state index contributed by atoms with van der Waals surface area (Å²) >= 11 is 0. The van der Waals surface area contributed by atoms with E-state index >= 15 is 0 Å². The molecule has 0 fully saturated rings. The van der Waals surface area contributed by atoms with E-state index in [4.69, 9.17) is 5.11 Å². The minimum absolute atomic E-state index is 2.25. The van der Waals surface area contributed by atoms with Crippen molar-refractivity contribution in [3.05, 3.63) is 0 Å². The second-order valence-electron chi connectivity index (χ2n) is 1.88. The van der Waals surface area contributed by atoms with E-state index in [-0.39, 0.29) is 0 Å². The number of hydrogen-bond donors (Lipinski definition) is 1. The molecule has 0 heterocycles. The highest BCUT2D eigenvalue weighted by Crippen LogP contribution is 2.30. The fourth-order valence-corrected chi connectivity index (χ4v) is 0.335. The van der Waals surface area contributed by atoms with Crippen LogP contribution in [0, 0.1) is 0 Å². The van der Waals surface area contributed by atoms with Crippen molar-refractivity contribution in [2.45, 2.75) is 24.9 Å². The molecule has 1 atom stereocenters. The molecule has 0 amide bonds. The van der Waals surface area contributed by atoms with E-state index in [0.717, 1.165) is 0 Å². The number of rotatable bonds is 1. The third-order valence-corrected chi connectivity index (χ3v) is 0.803. The van der Waals surface area contributed by atoms with E-state index in [1.54, 1.807) is 0 Å². The van der Waals surface area contributed by atoms with Gasteiger partial charge >= 0.3 is 12.4 Å². The molecule has 0 aliphatic rings. The number of hydrogen-bond acceptors (Lipinski definition) is 1. The monoisotopic (exact) mass is 182 g/mol. The van der Waals surface area contributed by atoms with Gasteiger partial charge in [0.05, 0.1) is 6.42 Å². The maximum absolute atomic E-state index is 11.2. The maximum Gasteiger partial charge on any atom is 0.414 e. The first-order chi connectivity index (χ1) is 4.63. The summed E-state index contributed by atoms with van der Waals surface area (Å²) in [5.74, 6) is 0. The summed E-state index contributed by atoms with van der Waals surface area (Å²) in [6.45, 7) is 0. The van der Waals surface area contributed by atoms with E-state index in [2.05, 4.69) is 0 Å². The number of alkyl halides is 6. The van der Waals surface area contributed by atoms with Crippen molar-refractivity contribution in [3.63, 3.8) is 0 Å². The van der Waals surface area contributed by atoms with Gasteiger partial charge in [-0.15, -0.1) is 0 Å². The molecule has 11 heavy (non-hydrogen) atoms. The van der Waals surface area contributed by atoms with E-state index in [1.807, 2.05) is 0 Å². The average molecular weight is 182 g/mol. The molecule has 0 aromatic heterocycles. The van der Waals surface area contributed by atoms with E-state index < -0.39 is 24.9 Å². The predicted octanol–water partition coefficient (Wildman–Crippen LogP) is 1.86. The Kier molecular flexibility index (Phi) is 2.76. The molecule has 0 aromatic carbocycles. The molecule has 0 saturated carbocycles. The van der Waals surface area contributed by atoms with Crippen molar-refractivity contribution >= 4 is 0 Å². The van der Waals surface area contributed by atoms with Gasteiger partial charge in [-0.2, -0.15) is 26.3 Å². The minimum Gasteiger partial charge on any atom is -0.383 e. The van der Waals surface area contributed by atoms with Gasteiger partial charge in [0, 0.05) is 0 Å². The van der Waals surface area contributed by atoms with Gasteiger partial charge < -0.3 is 5.11 Å². The summed E-state index contributed by atoms with van der Waals surface area (Å²) in [5.41, 5.74) is 0. The Labute approximate surface area is 57.6 Å². The zero-order valence-corrected chi connectivity index (χ0v) is 5.00. The summed E-state index contributed by atoms with van der Waals surface area (Å²) in [5, 5.41) is 7.88. The molecule has 0 aliphatic carbocycles. The van der Waals surface area contributed by atoms with Gasteiger partial charge in [0.15, 0.2) is 6.10 Å². The summed E-state index contributed by atoms with van der Waals surface area (Å²) in [6.07, 6.45) is -15.8. The van der Waals surface area contributed by atoms with E-state index in [1.165, 1.54) is 0 Å². The van der Waals surface area contributed by atoms with Crippen molar-refractivity contribution < 1.29 is 31.4 Å². The largest absolute Gasteiger partial charge is 0.414 e. The van der Waals surface area contributed by atoms with Gasteiger partial charge in [-0.05, 0) is 0 Å². The van der Waals surface area contributed by atoms with Crippen molar-refractivity contribution in [2.75, 3.05) is 0 Å². The lowest BCUT2D eigenvalue weighted by atomic mass is 10.2. The SMILES string of the molecule is O[C@H](CC(F)(F)F)C(F)(F)F. The van der Waals surface area contributed by atoms with Crippen LogP contribution in [0.25, 0.3) is 0 Å². The summed E-state index contributed by atoms with van der Waals surface area (Å²) in [4.78, 5) is 0. The fraction of sp³-hybridized carbons (Fsp3) is 1.00. The minimum atomic E-state index is -5.20. The van der Waals surface area contributed by atoms with Crippen molar-refractivity contribution in [3.8, 4) is 0 Å². The van der Waals surface area contributed by atoms with Crippen molar-refractivity contribution in [2.24, 2.45) is 0 Å². The normalized spacial score (nSPS) is 16.6. The number of halogens is 6. The highest BCUT2D eigenvalue weighted by Gasteiger charge is 2.45. The molecule has 0 rings (SSSR count). The molecule has 1 N–H and O–H groups in total. The molecule has 7 heteroatoms. The van der Waals surface area contributed by atoms with E-state index in [0.29, 0.717) is 0 Å². The van der Waals surface area contributed by atoms with Crippen LogP contribution in [0.1, 0.15) is 6.42 Å². The molecule has 0 saturated heterocycles. The third kappa shape index (κ3) is 4.88. The molecule has 0 bridgehead atoms. The van der Waals surface area contributed by atoms with Crippen LogP contribution in [0.3, 0.4) is 0 Å². The van der Waals surface area contributed by atoms with Crippen molar-refractivity contribution in [1.29, 1.82) is 0 Å². The summed E-state index contributed by atoms with van der Waals surface area (Å²) < 4.78 is 67.2. The number of aliphatic hydroxyl groups excluding tert-OH is 1. The average Bonchev–Trinajstić information content (AvgIpc) is 1.56. The molecule has 68 valence electrons. The smallest absolute Gasteiger partial charge is 0.383 e. The predicted molar refractivity (Wildman–Crippen MR) is 22.7 cm³/mol. The van der Waals surface area contributed by atoms with Gasteiger partial charge in [0.2, 0.25) is 0 Å². The Morgan fingerprint density at radius 3 is 1.45 bits per heavy atom. The Morgan fingerprint density at radius 1 is 1.00 bits per heavy atom. The summed E-state index contributed by atoms with van der Waals surface area (Å²) in [6, 6.07) is 0. The van der Waals surface area contributed by atoms with Crippen LogP contribution < -0.4 is 0 Å². The molecule has 0 radical (unpaired) electrons. The molecular weight excluding hydrogens is 178 g/mol. The summed E-state index contributed by atoms with van der Waals surface area (Å²) in [7, 11) is 0. The second-order valence-corrected chi connectivity index (χ2v) is 1.88. The topological polar surface area (TPSA) is 20.2 Å². The van der Waals surface area contributed by atoms with Crippen molar-refractivity contribution in [1.82, 2.24) is 0 Å². The van der Waals surface area contributed by atoms with Crippen LogP contribution in [0.15, 0.2) is 0 Å². The zero-order chi connectivity index (χ0) is 9.28. The Morgan fingerprint density at radius 2 is 1.36 bits per heavy atom. The van der Waals surface area contributed by atoms with Gasteiger partial charge in [0.25, 0.3) is 0 Å². The Bertz CT molecular complexity index is 124. The molecule has 0 spiro atoms. The maximum atomic E-state index is 11.2. The first kappa shape index (κ1) is 10.5. The van der Waals surface area contributed by atoms with Crippen LogP contribution in [0.4, 0.5) is 26.3 Å². The Balaban J connectivity index is 3.99. The quantitative estimate of drug-likeness (QED) is 0.613. The molecule has 0 aliphatic heterocycles. The van der Waals surface area contributed by atoms with E-state index in [9.17, 15) is 26.3 Å². The molecule has 1 nitrogen and oxygen atoms in total. The van der Waals surface area contributed by atoms with Crippen LogP contribution >= 0.6 is 0 Å². The lowest BCUT2D eigenvalue weighted by molar-refractivity contribution is -0.241. The van der Waals surface area contributed by atoms with Crippen LogP contribution in [0.2, 0.25) is 0 Å². The molecule has 0 unspecified atom stereocenters. The fourth-order valence-electron chi connectivity index (χ4n) is 0.335. The van der Waals surface area contributed by atoms with Gasteiger partial charge in [0.1, 0.15) is 0 Å². The highest BCUT2D eigenvalue weighted by molar-refractivity contribution is 4.68. The zero-order valence-electron chi connectivity index (χ0n) is 5.00. The Hall–Kier alpha value is -0.460. The van der Waals surface area contributed by atoms with Crippen LogP contribution in [-0.2, 0) is 0 Å². The van der Waals surface area contributed by atoms with Crippen LogP contribution in [-0.4, -0.2) is 23.6 Å². The standard InChI is InChI=1S/C4H4F6O/c5-3(6,7)1-2(11)4(8,9)10/h2,11H,1H2/t2-/m1/s1. The lowest BCUT2D eigenvalue weighted by Crippen LogP contribution is -2.33. The van der Waals surface area contributed by atoms with Gasteiger partial charge in [-0.1, -0.05) is 0 Å². The highest BCUT2D eigenvalue weighted by atomic mass is 19.4.